The van der Waals surface area contributed by atoms with Gasteiger partial charge in [0, 0.05) is 36.7 Å². The molecule has 152 valence electrons. The second-order valence-corrected chi connectivity index (χ2v) is 8.58. The van der Waals surface area contributed by atoms with Crippen molar-refractivity contribution in [3.05, 3.63) is 46.6 Å². The molecule has 1 N–H and O–H groups in total. The van der Waals surface area contributed by atoms with Crippen LogP contribution in [0, 0.1) is 13.8 Å². The Hall–Kier alpha value is -2.67. The van der Waals surface area contributed by atoms with E-state index in [4.69, 9.17) is 0 Å². The van der Waals surface area contributed by atoms with Crippen LogP contribution in [0.2, 0.25) is 0 Å². The van der Waals surface area contributed by atoms with Gasteiger partial charge >= 0.3 is 0 Å². The summed E-state index contributed by atoms with van der Waals surface area (Å²) in [4.78, 5) is 28.4. The Balaban J connectivity index is 1.37. The van der Waals surface area contributed by atoms with Gasteiger partial charge in [-0.25, -0.2) is 9.97 Å². The molecule has 1 fully saturated rings. The van der Waals surface area contributed by atoms with Crippen LogP contribution in [0.1, 0.15) is 23.2 Å². The van der Waals surface area contributed by atoms with Crippen LogP contribution in [0.3, 0.4) is 0 Å². The van der Waals surface area contributed by atoms with E-state index in [2.05, 4.69) is 64.4 Å². The van der Waals surface area contributed by atoms with Gasteiger partial charge < -0.3 is 15.1 Å². The van der Waals surface area contributed by atoms with E-state index in [9.17, 15) is 4.79 Å². The van der Waals surface area contributed by atoms with Gasteiger partial charge in [0.25, 0.3) is 0 Å². The molecule has 0 atom stereocenters. The molecule has 1 aromatic carbocycles. The van der Waals surface area contributed by atoms with E-state index in [1.54, 1.807) is 11.3 Å². The quantitative estimate of drug-likeness (QED) is 0.697. The van der Waals surface area contributed by atoms with E-state index < -0.39 is 0 Å². The van der Waals surface area contributed by atoms with Gasteiger partial charge in [-0.05, 0) is 44.0 Å². The minimum atomic E-state index is 0.115. The number of piperazine rings is 1. The van der Waals surface area contributed by atoms with Crippen LogP contribution in [0.15, 0.2) is 30.3 Å². The maximum absolute atomic E-state index is 12.8. The second kappa shape index (κ2) is 8.37. The van der Waals surface area contributed by atoms with Gasteiger partial charge in [-0.15, -0.1) is 11.3 Å². The lowest BCUT2D eigenvalue weighted by atomic mass is 10.2. The molecule has 0 saturated carbocycles. The molecule has 0 aliphatic carbocycles. The SMILES string of the molecule is CCc1cc2c(NCC(=O)N3CCN(c4cccc(C)c4)CC3)nc(C)nc2s1. The first-order valence-electron chi connectivity index (χ1n) is 10.1. The number of carbonyl (C=O) groups excluding carboxylic acids is 1. The summed E-state index contributed by atoms with van der Waals surface area (Å²) in [5.41, 5.74) is 2.49. The maximum Gasteiger partial charge on any atom is 0.242 e. The molecule has 1 saturated heterocycles. The van der Waals surface area contributed by atoms with Crippen molar-refractivity contribution >= 4 is 39.0 Å². The summed E-state index contributed by atoms with van der Waals surface area (Å²) in [5, 5.41) is 4.27. The van der Waals surface area contributed by atoms with Crippen molar-refractivity contribution in [2.75, 3.05) is 42.9 Å². The van der Waals surface area contributed by atoms with Crippen molar-refractivity contribution in [2.45, 2.75) is 27.2 Å². The standard InChI is InChI=1S/C22H27N5OS/c1-4-18-13-19-21(24-16(3)25-22(19)29-18)23-14-20(28)27-10-8-26(9-11-27)17-7-5-6-15(2)12-17/h5-7,12-13H,4,8-11,14H2,1-3H3,(H,23,24,25). The highest BCUT2D eigenvalue weighted by atomic mass is 32.1. The summed E-state index contributed by atoms with van der Waals surface area (Å²) in [5.74, 6) is 1.60. The molecule has 0 radical (unpaired) electrons. The fourth-order valence-corrected chi connectivity index (χ4v) is 4.71. The lowest BCUT2D eigenvalue weighted by Crippen LogP contribution is -2.50. The molecule has 1 aliphatic heterocycles. The van der Waals surface area contributed by atoms with Crippen LogP contribution in [0.5, 0.6) is 0 Å². The van der Waals surface area contributed by atoms with Crippen molar-refractivity contribution in [2.24, 2.45) is 0 Å². The number of benzene rings is 1. The van der Waals surface area contributed by atoms with Crippen LogP contribution in [0.25, 0.3) is 10.2 Å². The normalized spacial score (nSPS) is 14.4. The monoisotopic (exact) mass is 409 g/mol. The van der Waals surface area contributed by atoms with E-state index in [1.165, 1.54) is 16.1 Å². The van der Waals surface area contributed by atoms with E-state index >= 15 is 0 Å². The summed E-state index contributed by atoms with van der Waals surface area (Å²) in [6.07, 6.45) is 0.976. The Morgan fingerprint density at radius 2 is 1.93 bits per heavy atom. The van der Waals surface area contributed by atoms with E-state index in [0.717, 1.165) is 54.5 Å². The largest absolute Gasteiger partial charge is 0.368 e. The third-order valence-electron chi connectivity index (χ3n) is 5.31. The zero-order valence-corrected chi connectivity index (χ0v) is 18.1. The van der Waals surface area contributed by atoms with Crippen molar-refractivity contribution in [1.82, 2.24) is 14.9 Å². The number of fused-ring (bicyclic) bond motifs is 1. The van der Waals surface area contributed by atoms with Crippen LogP contribution in [-0.4, -0.2) is 53.5 Å². The number of rotatable bonds is 5. The Kier molecular flexibility index (Phi) is 5.67. The Morgan fingerprint density at radius 1 is 1.14 bits per heavy atom. The summed E-state index contributed by atoms with van der Waals surface area (Å²) >= 11 is 1.70. The lowest BCUT2D eigenvalue weighted by molar-refractivity contribution is -0.129. The fraction of sp³-hybridized carbons (Fsp3) is 0.409. The first-order chi connectivity index (χ1) is 14.0. The molecular formula is C22H27N5OS. The second-order valence-electron chi connectivity index (χ2n) is 7.46. The molecule has 3 heterocycles. The number of hydrogen-bond acceptors (Lipinski definition) is 6. The molecule has 2 aromatic heterocycles. The van der Waals surface area contributed by atoms with Gasteiger partial charge in [0.1, 0.15) is 16.5 Å². The Morgan fingerprint density at radius 3 is 2.66 bits per heavy atom. The average molecular weight is 410 g/mol. The molecular weight excluding hydrogens is 382 g/mol. The number of aromatic nitrogens is 2. The van der Waals surface area contributed by atoms with Crippen LogP contribution >= 0.6 is 11.3 Å². The molecule has 6 nitrogen and oxygen atoms in total. The molecule has 29 heavy (non-hydrogen) atoms. The average Bonchev–Trinajstić information content (AvgIpc) is 3.15. The van der Waals surface area contributed by atoms with Crippen LogP contribution in [-0.2, 0) is 11.2 Å². The summed E-state index contributed by atoms with van der Waals surface area (Å²) in [6, 6.07) is 10.7. The highest BCUT2D eigenvalue weighted by Gasteiger charge is 2.21. The van der Waals surface area contributed by atoms with Crippen LogP contribution < -0.4 is 10.2 Å². The number of hydrogen-bond donors (Lipinski definition) is 1. The number of nitrogens with zero attached hydrogens (tertiary/aromatic N) is 4. The van der Waals surface area contributed by atoms with Crippen LogP contribution in [0.4, 0.5) is 11.5 Å². The van der Waals surface area contributed by atoms with Crippen molar-refractivity contribution in [3.8, 4) is 0 Å². The third-order valence-corrected chi connectivity index (χ3v) is 6.48. The summed E-state index contributed by atoms with van der Waals surface area (Å²) in [6.45, 7) is 9.59. The van der Waals surface area contributed by atoms with Gasteiger partial charge in [-0.3, -0.25) is 4.79 Å². The fourth-order valence-electron chi connectivity index (χ4n) is 3.70. The molecule has 7 heteroatoms. The zero-order chi connectivity index (χ0) is 20.4. The molecule has 1 aliphatic rings. The molecule has 4 rings (SSSR count). The van der Waals surface area contributed by atoms with Crippen molar-refractivity contribution in [1.29, 1.82) is 0 Å². The predicted octanol–water partition coefficient (Wildman–Crippen LogP) is 3.63. The number of nitrogens with one attached hydrogen (secondary N) is 1. The van der Waals surface area contributed by atoms with Gasteiger partial charge in [0.05, 0.1) is 11.9 Å². The van der Waals surface area contributed by atoms with E-state index in [-0.39, 0.29) is 12.5 Å². The van der Waals surface area contributed by atoms with Gasteiger partial charge in [-0.2, -0.15) is 0 Å². The molecule has 1 amide bonds. The number of thiophene rings is 1. The first-order valence-corrected chi connectivity index (χ1v) is 11.0. The first kappa shape index (κ1) is 19.6. The number of carbonyl (C=O) groups is 1. The predicted molar refractivity (Wildman–Crippen MR) is 120 cm³/mol. The minimum absolute atomic E-state index is 0.115. The van der Waals surface area contributed by atoms with Crippen molar-refractivity contribution in [3.63, 3.8) is 0 Å². The topological polar surface area (TPSA) is 61.4 Å². The lowest BCUT2D eigenvalue weighted by Gasteiger charge is -2.36. The Labute approximate surface area is 175 Å². The van der Waals surface area contributed by atoms with Gasteiger partial charge in [0.2, 0.25) is 5.91 Å². The van der Waals surface area contributed by atoms with E-state index in [1.807, 2.05) is 11.8 Å². The third kappa shape index (κ3) is 4.34. The molecule has 0 unspecified atom stereocenters. The molecule has 0 bridgehead atoms. The summed E-state index contributed by atoms with van der Waals surface area (Å²) < 4.78 is 0. The maximum atomic E-state index is 12.8. The highest BCUT2D eigenvalue weighted by molar-refractivity contribution is 7.18. The Bertz CT molecular complexity index is 1020. The molecule has 0 spiro atoms. The van der Waals surface area contributed by atoms with Gasteiger partial charge in [0.15, 0.2) is 0 Å². The molecule has 3 aromatic rings. The van der Waals surface area contributed by atoms with Crippen molar-refractivity contribution < 1.29 is 4.79 Å². The summed E-state index contributed by atoms with van der Waals surface area (Å²) in [7, 11) is 0. The number of anilines is 2. The van der Waals surface area contributed by atoms with E-state index in [0.29, 0.717) is 0 Å². The number of aryl methyl sites for hydroxylation is 3. The van der Waals surface area contributed by atoms with Gasteiger partial charge in [-0.1, -0.05) is 19.1 Å². The smallest absolute Gasteiger partial charge is 0.242 e. The minimum Gasteiger partial charge on any atom is -0.368 e. The number of amides is 1. The zero-order valence-electron chi connectivity index (χ0n) is 17.2. The highest BCUT2D eigenvalue weighted by Crippen LogP contribution is 2.29.